The van der Waals surface area contributed by atoms with Gasteiger partial charge in [0.2, 0.25) is 0 Å². The van der Waals surface area contributed by atoms with E-state index >= 15 is 0 Å². The Balaban J connectivity index is 2.13. The van der Waals surface area contributed by atoms with Gasteiger partial charge in [-0.15, -0.1) is 0 Å². The molecule has 0 amide bonds. The van der Waals surface area contributed by atoms with Crippen LogP contribution in [0.25, 0.3) is 0 Å². The normalized spacial score (nSPS) is 29.3. The zero-order valence-electron chi connectivity index (χ0n) is 8.38. The van der Waals surface area contributed by atoms with E-state index in [-0.39, 0.29) is 0 Å². The Bertz CT molecular complexity index is 365. The number of aliphatic hydroxyl groups is 2. The van der Waals surface area contributed by atoms with E-state index in [1.807, 2.05) is 30.3 Å². The fourth-order valence-corrected chi connectivity index (χ4v) is 1.69. The molecule has 0 atom stereocenters. The summed E-state index contributed by atoms with van der Waals surface area (Å²) in [5, 5.41) is 19.4. The van der Waals surface area contributed by atoms with Crippen LogP contribution in [0.1, 0.15) is 5.56 Å². The molecule has 1 aromatic rings. The highest BCUT2D eigenvalue weighted by molar-refractivity contribution is 5.28. The average molecular weight is 202 g/mol. The molecule has 2 heteroatoms. The summed E-state index contributed by atoms with van der Waals surface area (Å²) in [6, 6.07) is 9.80. The van der Waals surface area contributed by atoms with Crippen LogP contribution in [0.2, 0.25) is 0 Å². The Kier molecular flexibility index (Phi) is 2.71. The average Bonchev–Trinajstić information content (AvgIpc) is 2.24. The van der Waals surface area contributed by atoms with E-state index in [2.05, 4.69) is 0 Å². The quantitative estimate of drug-likeness (QED) is 0.712. The molecule has 1 aliphatic carbocycles. The van der Waals surface area contributed by atoms with E-state index in [1.54, 1.807) is 24.3 Å². The summed E-state index contributed by atoms with van der Waals surface area (Å²) in [5.74, 6) is 0. The van der Waals surface area contributed by atoms with Gasteiger partial charge in [0.05, 0.1) is 6.10 Å². The minimum Gasteiger partial charge on any atom is -0.385 e. The molecule has 0 aliphatic heterocycles. The van der Waals surface area contributed by atoms with Crippen molar-refractivity contribution < 1.29 is 10.2 Å². The molecule has 0 bridgehead atoms. The maximum atomic E-state index is 10.2. The third-order valence-electron chi connectivity index (χ3n) is 2.49. The Hall–Kier alpha value is -1.38. The zero-order chi connectivity index (χ0) is 10.7. The molecule has 0 saturated carbocycles. The third kappa shape index (κ3) is 2.55. The highest BCUT2D eigenvalue weighted by atomic mass is 16.3. The molecular formula is C13H14O2. The highest BCUT2D eigenvalue weighted by Crippen LogP contribution is 2.20. The van der Waals surface area contributed by atoms with Crippen molar-refractivity contribution in [2.75, 3.05) is 0 Å². The first-order valence-corrected chi connectivity index (χ1v) is 5.01. The number of aliphatic hydroxyl groups excluding tert-OH is 1. The summed E-state index contributed by atoms with van der Waals surface area (Å²) >= 11 is 0. The summed E-state index contributed by atoms with van der Waals surface area (Å²) in [6.07, 6.45) is 6.45. The Labute approximate surface area is 89.2 Å². The zero-order valence-corrected chi connectivity index (χ0v) is 8.38. The first-order chi connectivity index (χ1) is 7.18. The molecule has 0 heterocycles. The lowest BCUT2D eigenvalue weighted by atomic mass is 9.90. The molecular weight excluding hydrogens is 188 g/mol. The second kappa shape index (κ2) is 4.01. The lowest BCUT2D eigenvalue weighted by molar-refractivity contribution is 0.135. The summed E-state index contributed by atoms with van der Waals surface area (Å²) in [4.78, 5) is 0. The van der Waals surface area contributed by atoms with Gasteiger partial charge in [0, 0.05) is 6.42 Å². The number of hydrogen-bond donors (Lipinski definition) is 2. The molecule has 2 N–H and O–H groups in total. The Morgan fingerprint density at radius 3 is 2.27 bits per heavy atom. The van der Waals surface area contributed by atoms with Crippen molar-refractivity contribution in [3.63, 3.8) is 0 Å². The second-order valence-corrected chi connectivity index (χ2v) is 3.86. The minimum atomic E-state index is -0.958. The SMILES string of the molecule is OC1C=CC(O)(Cc2ccccc2)C=C1. The van der Waals surface area contributed by atoms with Gasteiger partial charge in [-0.25, -0.2) is 0 Å². The minimum absolute atomic E-state index is 0.535. The highest BCUT2D eigenvalue weighted by Gasteiger charge is 2.23. The summed E-state index contributed by atoms with van der Waals surface area (Å²) in [7, 11) is 0. The van der Waals surface area contributed by atoms with Crippen molar-refractivity contribution in [1.29, 1.82) is 0 Å². The Morgan fingerprint density at radius 1 is 1.07 bits per heavy atom. The standard InChI is InChI=1S/C13H14O2/c14-12-6-8-13(15,9-7-12)10-11-4-2-1-3-5-11/h1-9,12,14-15H,10H2. The van der Waals surface area contributed by atoms with Gasteiger partial charge in [0.25, 0.3) is 0 Å². The topological polar surface area (TPSA) is 40.5 Å². The first kappa shape index (κ1) is 10.1. The van der Waals surface area contributed by atoms with Gasteiger partial charge < -0.3 is 10.2 Å². The summed E-state index contributed by atoms with van der Waals surface area (Å²) in [5.41, 5.74) is 0.117. The predicted octanol–water partition coefficient (Wildman–Crippen LogP) is 1.45. The molecule has 2 nitrogen and oxygen atoms in total. The van der Waals surface area contributed by atoms with Crippen molar-refractivity contribution in [3.8, 4) is 0 Å². The van der Waals surface area contributed by atoms with Crippen LogP contribution in [0, 0.1) is 0 Å². The number of benzene rings is 1. The molecule has 0 spiro atoms. The molecule has 0 saturated heterocycles. The van der Waals surface area contributed by atoms with Crippen LogP contribution in [-0.4, -0.2) is 21.9 Å². The fraction of sp³-hybridized carbons (Fsp3) is 0.231. The van der Waals surface area contributed by atoms with E-state index in [9.17, 15) is 10.2 Å². The van der Waals surface area contributed by atoms with Gasteiger partial charge in [-0.3, -0.25) is 0 Å². The molecule has 0 radical (unpaired) electrons. The number of hydrogen-bond acceptors (Lipinski definition) is 2. The molecule has 2 rings (SSSR count). The van der Waals surface area contributed by atoms with Gasteiger partial charge in [0.15, 0.2) is 0 Å². The van der Waals surface area contributed by atoms with Crippen LogP contribution >= 0.6 is 0 Å². The van der Waals surface area contributed by atoms with Crippen molar-refractivity contribution in [2.24, 2.45) is 0 Å². The fourth-order valence-electron chi connectivity index (χ4n) is 1.69. The van der Waals surface area contributed by atoms with Gasteiger partial charge in [-0.05, 0) is 5.56 Å². The van der Waals surface area contributed by atoms with Crippen LogP contribution in [0.15, 0.2) is 54.6 Å². The van der Waals surface area contributed by atoms with Gasteiger partial charge >= 0.3 is 0 Å². The maximum absolute atomic E-state index is 10.2. The monoisotopic (exact) mass is 202 g/mol. The van der Waals surface area contributed by atoms with Crippen molar-refractivity contribution in [2.45, 2.75) is 18.1 Å². The second-order valence-electron chi connectivity index (χ2n) is 3.86. The molecule has 15 heavy (non-hydrogen) atoms. The smallest absolute Gasteiger partial charge is 0.105 e. The van der Waals surface area contributed by atoms with Gasteiger partial charge in [-0.1, -0.05) is 54.6 Å². The molecule has 0 unspecified atom stereocenters. The van der Waals surface area contributed by atoms with Crippen LogP contribution in [0.4, 0.5) is 0 Å². The van der Waals surface area contributed by atoms with Crippen molar-refractivity contribution >= 4 is 0 Å². The van der Waals surface area contributed by atoms with E-state index in [0.717, 1.165) is 5.56 Å². The van der Waals surface area contributed by atoms with Crippen LogP contribution in [-0.2, 0) is 6.42 Å². The summed E-state index contributed by atoms with van der Waals surface area (Å²) in [6.45, 7) is 0. The summed E-state index contributed by atoms with van der Waals surface area (Å²) < 4.78 is 0. The lowest BCUT2D eigenvalue weighted by Crippen LogP contribution is -2.29. The number of rotatable bonds is 2. The van der Waals surface area contributed by atoms with Crippen LogP contribution < -0.4 is 0 Å². The maximum Gasteiger partial charge on any atom is 0.105 e. The first-order valence-electron chi connectivity index (χ1n) is 5.01. The molecule has 0 aromatic heterocycles. The van der Waals surface area contributed by atoms with E-state index in [1.165, 1.54) is 0 Å². The third-order valence-corrected chi connectivity index (χ3v) is 2.49. The molecule has 1 aliphatic rings. The van der Waals surface area contributed by atoms with E-state index in [0.29, 0.717) is 6.42 Å². The van der Waals surface area contributed by atoms with E-state index in [4.69, 9.17) is 0 Å². The molecule has 1 aromatic carbocycles. The van der Waals surface area contributed by atoms with Crippen molar-refractivity contribution in [3.05, 3.63) is 60.2 Å². The largest absolute Gasteiger partial charge is 0.385 e. The van der Waals surface area contributed by atoms with Gasteiger partial charge in [0.1, 0.15) is 5.60 Å². The van der Waals surface area contributed by atoms with Gasteiger partial charge in [-0.2, -0.15) is 0 Å². The predicted molar refractivity (Wildman–Crippen MR) is 59.4 cm³/mol. The van der Waals surface area contributed by atoms with E-state index < -0.39 is 11.7 Å². The van der Waals surface area contributed by atoms with Crippen molar-refractivity contribution in [1.82, 2.24) is 0 Å². The van der Waals surface area contributed by atoms with Crippen LogP contribution in [0.5, 0.6) is 0 Å². The Morgan fingerprint density at radius 2 is 1.67 bits per heavy atom. The van der Waals surface area contributed by atoms with Crippen LogP contribution in [0.3, 0.4) is 0 Å². The lowest BCUT2D eigenvalue weighted by Gasteiger charge is -2.24. The molecule has 78 valence electrons. The molecule has 0 fully saturated rings.